The molecular formula is C14H19FN2O. The van der Waals surface area contributed by atoms with E-state index in [9.17, 15) is 4.39 Å². The number of anilines is 1. The topological polar surface area (TPSA) is 24.5 Å². The normalized spacial score (nSPS) is 23.3. The Morgan fingerprint density at radius 1 is 1.22 bits per heavy atom. The molecule has 0 aliphatic carbocycles. The number of benzene rings is 1. The summed E-state index contributed by atoms with van der Waals surface area (Å²) in [4.78, 5) is 2.03. The van der Waals surface area contributed by atoms with Gasteiger partial charge in [-0.05, 0) is 38.1 Å². The fraction of sp³-hybridized carbons (Fsp3) is 0.571. The van der Waals surface area contributed by atoms with E-state index in [1.165, 1.54) is 6.07 Å². The van der Waals surface area contributed by atoms with Crippen LogP contribution in [-0.4, -0.2) is 33.0 Å². The van der Waals surface area contributed by atoms with Crippen LogP contribution in [0.15, 0.2) is 24.3 Å². The number of nitrogens with zero attached hydrogens (tertiary/aromatic N) is 1. The van der Waals surface area contributed by atoms with Crippen molar-refractivity contribution < 1.29 is 9.13 Å². The molecule has 2 aliphatic heterocycles. The van der Waals surface area contributed by atoms with Gasteiger partial charge < -0.3 is 15.0 Å². The molecule has 4 heteroatoms. The van der Waals surface area contributed by atoms with E-state index in [1.54, 1.807) is 6.07 Å². The van der Waals surface area contributed by atoms with E-state index in [-0.39, 0.29) is 11.2 Å². The van der Waals surface area contributed by atoms with Crippen LogP contribution in [-0.2, 0) is 4.74 Å². The predicted octanol–water partition coefficient (Wildman–Crippen LogP) is 1.99. The Labute approximate surface area is 107 Å². The van der Waals surface area contributed by atoms with Gasteiger partial charge in [-0.2, -0.15) is 0 Å². The molecule has 1 spiro atoms. The first kappa shape index (κ1) is 11.9. The second-order valence-corrected chi connectivity index (χ2v) is 5.38. The fourth-order valence-corrected chi connectivity index (χ4v) is 2.99. The number of nitrogens with one attached hydrogen (secondary N) is 1. The lowest BCUT2D eigenvalue weighted by molar-refractivity contribution is -0.00817. The minimum atomic E-state index is -0.160. The van der Waals surface area contributed by atoms with Crippen LogP contribution in [0.5, 0.6) is 0 Å². The van der Waals surface area contributed by atoms with Crippen molar-refractivity contribution in [3.63, 3.8) is 0 Å². The molecule has 2 heterocycles. The van der Waals surface area contributed by atoms with Crippen LogP contribution in [0.3, 0.4) is 0 Å². The Morgan fingerprint density at radius 2 is 2.00 bits per heavy atom. The Morgan fingerprint density at radius 3 is 2.78 bits per heavy atom. The van der Waals surface area contributed by atoms with Crippen LogP contribution in [0.25, 0.3) is 0 Å². The summed E-state index contributed by atoms with van der Waals surface area (Å²) < 4.78 is 19.5. The fourth-order valence-electron chi connectivity index (χ4n) is 2.99. The van der Waals surface area contributed by atoms with Gasteiger partial charge in [0, 0.05) is 12.0 Å². The summed E-state index contributed by atoms with van der Waals surface area (Å²) in [5.74, 6) is -0.160. The SMILES string of the molecule is Fc1ccccc1N1COCC2(CCNCC2)C1. The number of hydrogen-bond donors (Lipinski definition) is 1. The van der Waals surface area contributed by atoms with E-state index in [0.29, 0.717) is 12.4 Å². The summed E-state index contributed by atoms with van der Waals surface area (Å²) in [7, 11) is 0. The Kier molecular flexibility index (Phi) is 3.22. The summed E-state index contributed by atoms with van der Waals surface area (Å²) in [5.41, 5.74) is 0.862. The van der Waals surface area contributed by atoms with Gasteiger partial charge in [0.05, 0.1) is 12.3 Å². The lowest BCUT2D eigenvalue weighted by Crippen LogP contribution is -2.52. The molecule has 0 saturated carbocycles. The zero-order valence-electron chi connectivity index (χ0n) is 10.5. The van der Waals surface area contributed by atoms with Crippen molar-refractivity contribution in [3.8, 4) is 0 Å². The number of para-hydroxylation sites is 1. The van der Waals surface area contributed by atoms with Gasteiger partial charge in [0.1, 0.15) is 12.5 Å². The van der Waals surface area contributed by atoms with E-state index < -0.39 is 0 Å². The number of ether oxygens (including phenoxy) is 1. The molecule has 0 unspecified atom stereocenters. The van der Waals surface area contributed by atoms with Gasteiger partial charge in [-0.1, -0.05) is 12.1 Å². The summed E-state index contributed by atoms with van der Waals surface area (Å²) in [5, 5.41) is 3.37. The molecule has 0 atom stereocenters. The summed E-state index contributed by atoms with van der Waals surface area (Å²) in [6, 6.07) is 6.95. The maximum atomic E-state index is 13.8. The standard InChI is InChI=1S/C14H19FN2O/c15-12-3-1-2-4-13(12)17-9-14(10-18-11-17)5-7-16-8-6-14/h1-4,16H,5-11H2. The molecule has 2 aliphatic rings. The smallest absolute Gasteiger partial charge is 0.146 e. The third kappa shape index (κ3) is 2.22. The van der Waals surface area contributed by atoms with E-state index in [4.69, 9.17) is 4.74 Å². The van der Waals surface area contributed by atoms with Crippen LogP contribution in [0.4, 0.5) is 10.1 Å². The molecule has 0 radical (unpaired) electrons. The molecule has 98 valence electrons. The monoisotopic (exact) mass is 250 g/mol. The maximum Gasteiger partial charge on any atom is 0.146 e. The molecule has 1 aromatic rings. The maximum absolute atomic E-state index is 13.8. The molecule has 2 saturated heterocycles. The van der Waals surface area contributed by atoms with Crippen molar-refractivity contribution in [1.29, 1.82) is 0 Å². The average molecular weight is 250 g/mol. The highest BCUT2D eigenvalue weighted by atomic mass is 19.1. The second kappa shape index (κ2) is 4.86. The number of halogens is 1. The van der Waals surface area contributed by atoms with E-state index >= 15 is 0 Å². The third-order valence-corrected chi connectivity index (χ3v) is 4.04. The first-order valence-electron chi connectivity index (χ1n) is 6.57. The highest BCUT2D eigenvalue weighted by Crippen LogP contribution is 2.35. The van der Waals surface area contributed by atoms with E-state index in [0.717, 1.165) is 39.1 Å². The van der Waals surface area contributed by atoms with Crippen LogP contribution >= 0.6 is 0 Å². The number of piperidine rings is 1. The largest absolute Gasteiger partial charge is 0.360 e. The van der Waals surface area contributed by atoms with Gasteiger partial charge in [-0.15, -0.1) is 0 Å². The molecule has 1 aromatic carbocycles. The van der Waals surface area contributed by atoms with Gasteiger partial charge >= 0.3 is 0 Å². The van der Waals surface area contributed by atoms with Gasteiger partial charge in [-0.3, -0.25) is 0 Å². The zero-order valence-corrected chi connectivity index (χ0v) is 10.5. The number of hydrogen-bond acceptors (Lipinski definition) is 3. The van der Waals surface area contributed by atoms with Crippen LogP contribution in [0.1, 0.15) is 12.8 Å². The Balaban J connectivity index is 1.80. The van der Waals surface area contributed by atoms with Crippen molar-refractivity contribution in [3.05, 3.63) is 30.1 Å². The van der Waals surface area contributed by atoms with Gasteiger partial charge in [0.25, 0.3) is 0 Å². The highest BCUT2D eigenvalue weighted by Gasteiger charge is 2.37. The second-order valence-electron chi connectivity index (χ2n) is 5.38. The van der Waals surface area contributed by atoms with Gasteiger partial charge in [-0.25, -0.2) is 4.39 Å². The molecule has 0 amide bonds. The van der Waals surface area contributed by atoms with Crippen molar-refractivity contribution >= 4 is 5.69 Å². The zero-order chi connectivity index (χ0) is 12.4. The Hall–Kier alpha value is -1.13. The highest BCUT2D eigenvalue weighted by molar-refractivity contribution is 5.47. The first-order chi connectivity index (χ1) is 8.79. The minimum Gasteiger partial charge on any atom is -0.360 e. The quantitative estimate of drug-likeness (QED) is 0.825. The average Bonchev–Trinajstić information content (AvgIpc) is 2.40. The van der Waals surface area contributed by atoms with Gasteiger partial charge in [0.15, 0.2) is 0 Å². The van der Waals surface area contributed by atoms with E-state index in [1.807, 2.05) is 17.0 Å². The molecule has 2 fully saturated rings. The molecular weight excluding hydrogens is 231 g/mol. The molecule has 1 N–H and O–H groups in total. The summed E-state index contributed by atoms with van der Waals surface area (Å²) in [6.45, 7) is 4.27. The molecule has 0 bridgehead atoms. The van der Waals surface area contributed by atoms with Gasteiger partial charge in [0.2, 0.25) is 0 Å². The Bertz CT molecular complexity index is 413. The first-order valence-corrected chi connectivity index (χ1v) is 6.57. The number of rotatable bonds is 1. The van der Waals surface area contributed by atoms with Crippen molar-refractivity contribution in [2.24, 2.45) is 5.41 Å². The van der Waals surface area contributed by atoms with Crippen LogP contribution < -0.4 is 10.2 Å². The third-order valence-electron chi connectivity index (χ3n) is 4.04. The van der Waals surface area contributed by atoms with Crippen molar-refractivity contribution in [2.45, 2.75) is 12.8 Å². The van der Waals surface area contributed by atoms with Crippen LogP contribution in [0, 0.1) is 11.2 Å². The summed E-state index contributed by atoms with van der Waals surface area (Å²) in [6.07, 6.45) is 2.22. The van der Waals surface area contributed by atoms with E-state index in [2.05, 4.69) is 5.32 Å². The van der Waals surface area contributed by atoms with Crippen LogP contribution in [0.2, 0.25) is 0 Å². The molecule has 0 aromatic heterocycles. The molecule has 3 nitrogen and oxygen atoms in total. The van der Waals surface area contributed by atoms with Crippen molar-refractivity contribution in [1.82, 2.24) is 5.32 Å². The predicted molar refractivity (Wildman–Crippen MR) is 69.1 cm³/mol. The lowest BCUT2D eigenvalue weighted by Gasteiger charge is -2.45. The molecule has 18 heavy (non-hydrogen) atoms. The minimum absolute atomic E-state index is 0.160. The lowest BCUT2D eigenvalue weighted by atomic mass is 9.78. The molecule has 3 rings (SSSR count). The van der Waals surface area contributed by atoms with Crippen molar-refractivity contribution in [2.75, 3.05) is 37.9 Å². The summed E-state index contributed by atoms with van der Waals surface area (Å²) >= 11 is 0.